The van der Waals surface area contributed by atoms with Crippen molar-refractivity contribution in [3.8, 4) is 0 Å². The van der Waals surface area contributed by atoms with E-state index in [1.54, 1.807) is 19.3 Å². The minimum Gasteiger partial charge on any atom is -0.548 e. The van der Waals surface area contributed by atoms with Gasteiger partial charge in [-0.3, -0.25) is 4.79 Å². The highest BCUT2D eigenvalue weighted by Gasteiger charge is 2.30. The van der Waals surface area contributed by atoms with Crippen LogP contribution in [-0.2, 0) is 16.0 Å². The maximum Gasteiger partial charge on any atom is 0.340 e. The number of carbonyl (C=O) groups excluding carboxylic acids is 2. The lowest BCUT2D eigenvalue weighted by molar-refractivity contribution is -0.310. The van der Waals surface area contributed by atoms with E-state index in [1.807, 2.05) is 13.0 Å². The van der Waals surface area contributed by atoms with Gasteiger partial charge in [-0.05, 0) is 43.9 Å². The van der Waals surface area contributed by atoms with E-state index in [9.17, 15) is 19.5 Å². The van der Waals surface area contributed by atoms with Crippen LogP contribution in [-0.4, -0.2) is 29.4 Å². The molecule has 4 rings (SSSR count). The van der Waals surface area contributed by atoms with Gasteiger partial charge in [0.15, 0.2) is 0 Å². The summed E-state index contributed by atoms with van der Waals surface area (Å²) in [5, 5.41) is 12.9. The van der Waals surface area contributed by atoms with Gasteiger partial charge in [-0.15, -0.1) is 0 Å². The third-order valence-electron chi connectivity index (χ3n) is 5.35. The molecule has 0 spiro atoms. The molecule has 0 saturated carbocycles. The predicted molar refractivity (Wildman–Crippen MR) is 95.2 cm³/mol. The third kappa shape index (κ3) is 2.79. The number of benzene rings is 1. The number of hydrogen-bond acceptors (Lipinski definition) is 6. The first kappa shape index (κ1) is 17.3. The molecule has 3 heterocycles. The maximum absolute atomic E-state index is 12.6. The Morgan fingerprint density at radius 1 is 1.22 bits per heavy atom. The van der Waals surface area contributed by atoms with Crippen LogP contribution in [0.25, 0.3) is 21.9 Å². The normalized spacial score (nSPS) is 17.1. The number of aryl methyl sites for hydroxylation is 2. The lowest BCUT2D eigenvalue weighted by Gasteiger charge is -2.25. The summed E-state index contributed by atoms with van der Waals surface area (Å²) < 4.78 is 10.9. The molecule has 27 heavy (non-hydrogen) atoms. The van der Waals surface area contributed by atoms with Crippen molar-refractivity contribution in [2.24, 2.45) is 0 Å². The van der Waals surface area contributed by atoms with E-state index in [0.717, 1.165) is 16.3 Å². The summed E-state index contributed by atoms with van der Waals surface area (Å²) in [5.41, 5.74) is 2.28. The summed E-state index contributed by atoms with van der Waals surface area (Å²) in [7, 11) is 0. The first-order valence-electron chi connectivity index (χ1n) is 8.81. The number of furan rings is 1. The third-order valence-corrected chi connectivity index (χ3v) is 5.35. The Morgan fingerprint density at radius 2 is 2.00 bits per heavy atom. The van der Waals surface area contributed by atoms with Gasteiger partial charge in [0.05, 0.1) is 30.3 Å². The smallest absolute Gasteiger partial charge is 0.340 e. The molecule has 0 aliphatic carbocycles. The van der Waals surface area contributed by atoms with Crippen LogP contribution in [0.2, 0.25) is 0 Å². The number of hydrogen-bond donors (Lipinski definition) is 0. The van der Waals surface area contributed by atoms with Crippen LogP contribution in [0.1, 0.15) is 29.5 Å². The van der Waals surface area contributed by atoms with Crippen molar-refractivity contribution < 1.29 is 23.5 Å². The number of carboxylic acid groups (broad SMARTS) is 1. The molecule has 0 N–H and O–H groups in total. The molecule has 1 fully saturated rings. The maximum atomic E-state index is 12.6. The molecular formula is C20H18NO6-. The average molecular weight is 368 g/mol. The number of aliphatic carboxylic acids is 1. The molecule has 3 aromatic rings. The number of rotatable bonds is 3. The molecule has 0 unspecified atom stereocenters. The summed E-state index contributed by atoms with van der Waals surface area (Å²) >= 11 is 0. The van der Waals surface area contributed by atoms with Crippen molar-refractivity contribution in [3.63, 3.8) is 0 Å². The lowest BCUT2D eigenvalue weighted by atomic mass is 10.0. The van der Waals surface area contributed by atoms with Gasteiger partial charge in [0.1, 0.15) is 11.2 Å². The highest BCUT2D eigenvalue weighted by atomic mass is 16.4. The molecule has 1 aliphatic rings. The van der Waals surface area contributed by atoms with E-state index in [0.29, 0.717) is 36.1 Å². The summed E-state index contributed by atoms with van der Waals surface area (Å²) in [4.78, 5) is 37.6. The first-order chi connectivity index (χ1) is 12.9. The molecule has 0 radical (unpaired) electrons. The number of nitrogens with zero attached hydrogens (tertiary/aromatic N) is 1. The zero-order valence-electron chi connectivity index (χ0n) is 15.0. The molecule has 2 aromatic heterocycles. The van der Waals surface area contributed by atoms with Crippen molar-refractivity contribution in [2.45, 2.75) is 39.2 Å². The van der Waals surface area contributed by atoms with Crippen molar-refractivity contribution >= 4 is 33.8 Å². The fraction of sp³-hybridized carbons (Fsp3) is 0.350. The molecule has 7 nitrogen and oxygen atoms in total. The summed E-state index contributed by atoms with van der Waals surface area (Å²) in [6, 6.07) is 2.62. The predicted octanol–water partition coefficient (Wildman–Crippen LogP) is 1.44. The highest BCUT2D eigenvalue weighted by molar-refractivity contribution is 5.96. The Labute approximate surface area is 154 Å². The lowest BCUT2D eigenvalue weighted by Crippen LogP contribution is -2.47. The molecule has 1 saturated heterocycles. The number of fused-ring (bicyclic) bond motifs is 2. The van der Waals surface area contributed by atoms with Gasteiger partial charge in [0, 0.05) is 23.4 Å². The number of amides is 1. The second kappa shape index (κ2) is 6.26. The van der Waals surface area contributed by atoms with Crippen LogP contribution in [0.3, 0.4) is 0 Å². The molecular weight excluding hydrogens is 350 g/mol. The standard InChI is InChI=1S/C20H19NO6/c1-10-9-26-16-8-17-13(6-12(10)16)11(2)14(20(25)27-17)7-18(22)21-5-3-4-15(21)19(23)24/h6,8-9,15H,3-5,7H2,1-2H3,(H,23,24)/p-1/t15-/m0/s1. The van der Waals surface area contributed by atoms with Gasteiger partial charge in [0.2, 0.25) is 5.91 Å². The van der Waals surface area contributed by atoms with Crippen molar-refractivity contribution in [1.29, 1.82) is 0 Å². The minimum atomic E-state index is -1.26. The summed E-state index contributed by atoms with van der Waals surface area (Å²) in [6.45, 7) is 4.04. The fourth-order valence-electron chi connectivity index (χ4n) is 3.80. The van der Waals surface area contributed by atoms with E-state index in [2.05, 4.69) is 0 Å². The summed E-state index contributed by atoms with van der Waals surface area (Å²) in [5.74, 6) is -1.67. The van der Waals surface area contributed by atoms with Crippen molar-refractivity contribution in [3.05, 3.63) is 45.5 Å². The molecule has 0 bridgehead atoms. The van der Waals surface area contributed by atoms with E-state index in [1.165, 1.54) is 4.90 Å². The minimum absolute atomic E-state index is 0.198. The number of carboxylic acids is 1. The first-order valence-corrected chi connectivity index (χ1v) is 8.81. The van der Waals surface area contributed by atoms with Gasteiger partial charge < -0.3 is 23.6 Å². The molecule has 1 aliphatic heterocycles. The second-order valence-electron chi connectivity index (χ2n) is 7.00. The van der Waals surface area contributed by atoms with Gasteiger partial charge in [0.25, 0.3) is 0 Å². The van der Waals surface area contributed by atoms with E-state index < -0.39 is 23.5 Å². The number of carbonyl (C=O) groups is 2. The molecule has 7 heteroatoms. The second-order valence-corrected chi connectivity index (χ2v) is 7.00. The molecule has 1 atom stereocenters. The fourth-order valence-corrected chi connectivity index (χ4v) is 3.80. The summed E-state index contributed by atoms with van der Waals surface area (Å²) in [6.07, 6.45) is 2.41. The molecule has 140 valence electrons. The zero-order valence-corrected chi connectivity index (χ0v) is 15.0. The van der Waals surface area contributed by atoms with Crippen LogP contribution >= 0.6 is 0 Å². The highest BCUT2D eigenvalue weighted by Crippen LogP contribution is 2.29. The average Bonchev–Trinajstić information content (AvgIpc) is 3.25. The van der Waals surface area contributed by atoms with Crippen LogP contribution in [0.15, 0.2) is 32.0 Å². The van der Waals surface area contributed by atoms with Gasteiger partial charge >= 0.3 is 5.63 Å². The largest absolute Gasteiger partial charge is 0.548 e. The van der Waals surface area contributed by atoms with E-state index >= 15 is 0 Å². The number of likely N-dealkylation sites (tertiary alicyclic amines) is 1. The van der Waals surface area contributed by atoms with Crippen molar-refractivity contribution in [2.75, 3.05) is 6.54 Å². The Bertz CT molecular complexity index is 1140. The van der Waals surface area contributed by atoms with Gasteiger partial charge in [-0.2, -0.15) is 0 Å². The van der Waals surface area contributed by atoms with Gasteiger partial charge in [-0.1, -0.05) is 0 Å². The molecule has 1 aromatic carbocycles. The van der Waals surface area contributed by atoms with E-state index in [-0.39, 0.29) is 12.0 Å². The molecule has 1 amide bonds. The van der Waals surface area contributed by atoms with E-state index in [4.69, 9.17) is 8.83 Å². The van der Waals surface area contributed by atoms with Gasteiger partial charge in [-0.25, -0.2) is 4.79 Å². The SMILES string of the molecule is Cc1coc2cc3oc(=O)c(CC(=O)N4CCC[C@H]4C(=O)[O-])c(C)c3cc12. The Kier molecular flexibility index (Phi) is 4.02. The topological polar surface area (TPSA) is 104 Å². The Balaban J connectivity index is 1.76. The monoisotopic (exact) mass is 368 g/mol. The van der Waals surface area contributed by atoms with Crippen LogP contribution in [0.4, 0.5) is 0 Å². The van der Waals surface area contributed by atoms with Crippen LogP contribution in [0.5, 0.6) is 0 Å². The Hall–Kier alpha value is -3.09. The Morgan fingerprint density at radius 3 is 2.74 bits per heavy atom. The van der Waals surface area contributed by atoms with Crippen LogP contribution in [0, 0.1) is 13.8 Å². The zero-order chi connectivity index (χ0) is 19.3. The van der Waals surface area contributed by atoms with Crippen molar-refractivity contribution in [1.82, 2.24) is 4.90 Å². The quantitative estimate of drug-likeness (QED) is 0.648. The van der Waals surface area contributed by atoms with Crippen LogP contribution < -0.4 is 10.7 Å².